The van der Waals surface area contributed by atoms with Gasteiger partial charge in [0.2, 0.25) is 5.91 Å². The Labute approximate surface area is 161 Å². The number of hydrogen-bond acceptors (Lipinski definition) is 3. The van der Waals surface area contributed by atoms with Crippen LogP contribution in [-0.4, -0.2) is 51.0 Å². The van der Waals surface area contributed by atoms with Crippen LogP contribution in [0.25, 0.3) is 0 Å². The number of guanidine groups is 1. The maximum atomic E-state index is 11.9. The zero-order valence-electron chi connectivity index (χ0n) is 16.3. The van der Waals surface area contributed by atoms with Crippen LogP contribution in [0.5, 0.6) is 0 Å². The minimum atomic E-state index is -0.0850. The van der Waals surface area contributed by atoms with E-state index < -0.39 is 0 Å². The molecule has 0 aliphatic heterocycles. The van der Waals surface area contributed by atoms with Crippen LogP contribution in [0.4, 0.5) is 0 Å². The molecule has 0 spiro atoms. The summed E-state index contributed by atoms with van der Waals surface area (Å²) in [7, 11) is 3.33. The highest BCUT2D eigenvalue weighted by Gasteiger charge is 2.16. The van der Waals surface area contributed by atoms with E-state index in [4.69, 9.17) is 0 Å². The van der Waals surface area contributed by atoms with E-state index in [0.29, 0.717) is 37.1 Å². The molecule has 4 N–H and O–H groups in total. The monoisotopic (exact) mass is 373 g/mol. The summed E-state index contributed by atoms with van der Waals surface area (Å²) in [6, 6.07) is 7.94. The molecule has 0 heterocycles. The first-order valence-corrected chi connectivity index (χ1v) is 9.67. The number of nitrogens with one attached hydrogen (secondary N) is 4. The molecule has 7 nitrogen and oxygen atoms in total. The van der Waals surface area contributed by atoms with E-state index >= 15 is 0 Å². The van der Waals surface area contributed by atoms with Crippen molar-refractivity contribution in [1.29, 1.82) is 0 Å². The third-order valence-corrected chi connectivity index (χ3v) is 4.71. The second kappa shape index (κ2) is 11.2. The maximum Gasteiger partial charge on any atom is 0.251 e. The fraction of sp³-hybridized carbons (Fsp3) is 0.550. The molecule has 148 valence electrons. The Hall–Kier alpha value is -2.57. The molecule has 0 radical (unpaired) electrons. The molecular weight excluding hydrogens is 342 g/mol. The van der Waals surface area contributed by atoms with E-state index in [-0.39, 0.29) is 11.8 Å². The molecule has 2 rings (SSSR count). The lowest BCUT2D eigenvalue weighted by molar-refractivity contribution is -0.121. The van der Waals surface area contributed by atoms with E-state index in [2.05, 4.69) is 26.3 Å². The molecule has 27 heavy (non-hydrogen) atoms. The number of nitrogens with zero attached hydrogens (tertiary/aromatic N) is 1. The van der Waals surface area contributed by atoms with Crippen molar-refractivity contribution < 1.29 is 9.59 Å². The summed E-state index contributed by atoms with van der Waals surface area (Å²) < 4.78 is 0. The second-order valence-electron chi connectivity index (χ2n) is 6.75. The van der Waals surface area contributed by atoms with E-state index in [1.807, 2.05) is 18.2 Å². The van der Waals surface area contributed by atoms with Crippen LogP contribution >= 0.6 is 0 Å². The summed E-state index contributed by atoms with van der Waals surface area (Å²) in [5, 5.41) is 12.1. The first-order valence-electron chi connectivity index (χ1n) is 9.67. The number of carbonyl (C=O) groups excluding carboxylic acids is 2. The van der Waals surface area contributed by atoms with Gasteiger partial charge in [0.25, 0.3) is 5.91 Å². The highest BCUT2D eigenvalue weighted by Crippen LogP contribution is 2.17. The number of carbonyl (C=O) groups is 2. The van der Waals surface area contributed by atoms with Gasteiger partial charge in [-0.25, -0.2) is 0 Å². The summed E-state index contributed by atoms with van der Waals surface area (Å²) in [4.78, 5) is 27.8. The molecule has 1 saturated carbocycles. The molecule has 0 aromatic heterocycles. The predicted octanol–water partition coefficient (Wildman–Crippen LogP) is 1.20. The lowest BCUT2D eigenvalue weighted by Gasteiger charge is -2.14. The summed E-state index contributed by atoms with van der Waals surface area (Å²) in [6.07, 6.45) is 5.84. The molecule has 0 atom stereocenters. The van der Waals surface area contributed by atoms with E-state index in [9.17, 15) is 9.59 Å². The number of hydrogen-bond donors (Lipinski definition) is 4. The molecule has 0 unspecified atom stereocenters. The Bertz CT molecular complexity index is 654. The summed E-state index contributed by atoms with van der Waals surface area (Å²) in [6.45, 7) is 1.23. The van der Waals surface area contributed by atoms with Gasteiger partial charge in [-0.05, 0) is 37.0 Å². The average Bonchev–Trinajstić information content (AvgIpc) is 3.19. The predicted molar refractivity (Wildman–Crippen MR) is 108 cm³/mol. The quantitative estimate of drug-likeness (QED) is 0.407. The van der Waals surface area contributed by atoms with Gasteiger partial charge in [-0.3, -0.25) is 14.6 Å². The Balaban J connectivity index is 1.66. The van der Waals surface area contributed by atoms with Crippen LogP contribution in [0, 0.1) is 0 Å². The van der Waals surface area contributed by atoms with Gasteiger partial charge in [-0.2, -0.15) is 0 Å². The first-order chi connectivity index (χ1) is 13.1. The SMILES string of the molecule is CN=C(NCCC(=O)NC1CCCC1)NCCc1cccc(C(=O)NC)c1. The molecule has 1 fully saturated rings. The number of amides is 2. The largest absolute Gasteiger partial charge is 0.356 e. The fourth-order valence-electron chi connectivity index (χ4n) is 3.22. The molecular formula is C20H31N5O2. The first kappa shape index (κ1) is 20.7. The lowest BCUT2D eigenvalue weighted by atomic mass is 10.1. The topological polar surface area (TPSA) is 94.6 Å². The number of aliphatic imine (C=N–C) groups is 1. The molecule has 2 amide bonds. The van der Waals surface area contributed by atoms with Crippen LogP contribution in [0.2, 0.25) is 0 Å². The van der Waals surface area contributed by atoms with Crippen molar-refractivity contribution in [3.8, 4) is 0 Å². The van der Waals surface area contributed by atoms with Crippen LogP contribution in [0.15, 0.2) is 29.3 Å². The molecule has 0 bridgehead atoms. The van der Waals surface area contributed by atoms with Crippen molar-refractivity contribution in [2.75, 3.05) is 27.2 Å². The molecule has 1 aliphatic carbocycles. The van der Waals surface area contributed by atoms with Crippen LogP contribution in [0.3, 0.4) is 0 Å². The normalized spacial score (nSPS) is 14.7. The van der Waals surface area contributed by atoms with Crippen molar-refractivity contribution in [2.24, 2.45) is 4.99 Å². The van der Waals surface area contributed by atoms with Crippen molar-refractivity contribution in [2.45, 2.75) is 44.6 Å². The van der Waals surface area contributed by atoms with Crippen molar-refractivity contribution in [3.63, 3.8) is 0 Å². The van der Waals surface area contributed by atoms with Crippen molar-refractivity contribution in [1.82, 2.24) is 21.3 Å². The van der Waals surface area contributed by atoms with Crippen LogP contribution < -0.4 is 21.3 Å². The Morgan fingerprint density at radius 3 is 2.59 bits per heavy atom. The van der Waals surface area contributed by atoms with Gasteiger partial charge in [-0.15, -0.1) is 0 Å². The van der Waals surface area contributed by atoms with Gasteiger partial charge in [0.15, 0.2) is 5.96 Å². The van der Waals surface area contributed by atoms with Crippen LogP contribution in [-0.2, 0) is 11.2 Å². The smallest absolute Gasteiger partial charge is 0.251 e. The number of benzene rings is 1. The van der Waals surface area contributed by atoms with E-state index in [1.54, 1.807) is 20.2 Å². The number of rotatable bonds is 8. The Morgan fingerprint density at radius 1 is 1.15 bits per heavy atom. The lowest BCUT2D eigenvalue weighted by Crippen LogP contribution is -2.41. The minimum Gasteiger partial charge on any atom is -0.356 e. The summed E-state index contributed by atoms with van der Waals surface area (Å²) in [5.41, 5.74) is 1.74. The third-order valence-electron chi connectivity index (χ3n) is 4.71. The van der Waals surface area contributed by atoms with Gasteiger partial charge >= 0.3 is 0 Å². The zero-order chi connectivity index (χ0) is 19.5. The molecule has 1 aromatic rings. The summed E-state index contributed by atoms with van der Waals surface area (Å²) >= 11 is 0. The van der Waals surface area contributed by atoms with Gasteiger partial charge in [-0.1, -0.05) is 25.0 Å². The third kappa shape index (κ3) is 7.29. The second-order valence-corrected chi connectivity index (χ2v) is 6.75. The standard InChI is InChI=1S/C20H31N5O2/c1-21-19(27)16-7-5-6-15(14-16)10-12-23-20(22-2)24-13-11-18(26)25-17-8-3-4-9-17/h5-7,14,17H,3-4,8-13H2,1-2H3,(H,21,27)(H,25,26)(H2,22,23,24). The molecule has 7 heteroatoms. The highest BCUT2D eigenvalue weighted by atomic mass is 16.2. The van der Waals surface area contributed by atoms with Gasteiger partial charge in [0.05, 0.1) is 0 Å². The van der Waals surface area contributed by atoms with Crippen molar-refractivity contribution >= 4 is 17.8 Å². The van der Waals surface area contributed by atoms with Gasteiger partial charge < -0.3 is 21.3 Å². The van der Waals surface area contributed by atoms with E-state index in [0.717, 1.165) is 24.8 Å². The minimum absolute atomic E-state index is 0.0850. The average molecular weight is 374 g/mol. The zero-order valence-corrected chi connectivity index (χ0v) is 16.3. The molecule has 1 aromatic carbocycles. The highest BCUT2D eigenvalue weighted by molar-refractivity contribution is 5.94. The van der Waals surface area contributed by atoms with E-state index in [1.165, 1.54) is 12.8 Å². The Kier molecular flexibility index (Phi) is 8.61. The van der Waals surface area contributed by atoms with Crippen molar-refractivity contribution in [3.05, 3.63) is 35.4 Å². The van der Waals surface area contributed by atoms with Gasteiger partial charge in [0.1, 0.15) is 0 Å². The fourth-order valence-corrected chi connectivity index (χ4v) is 3.22. The molecule has 0 saturated heterocycles. The summed E-state index contributed by atoms with van der Waals surface area (Å²) in [5.74, 6) is 0.681. The van der Waals surface area contributed by atoms with Gasteiger partial charge in [0, 0.05) is 45.2 Å². The molecule has 1 aliphatic rings. The Morgan fingerprint density at radius 2 is 1.89 bits per heavy atom. The van der Waals surface area contributed by atoms with Crippen LogP contribution in [0.1, 0.15) is 48.0 Å². The maximum absolute atomic E-state index is 11.9.